The molecule has 0 spiro atoms. The van der Waals surface area contributed by atoms with Crippen molar-refractivity contribution in [1.82, 2.24) is 25.1 Å². The molecule has 0 saturated carbocycles. The summed E-state index contributed by atoms with van der Waals surface area (Å²) in [5, 5.41) is 10.6. The molecule has 8 heteroatoms. The average molecular weight is 425 g/mol. The fourth-order valence-corrected chi connectivity index (χ4v) is 3.59. The summed E-state index contributed by atoms with van der Waals surface area (Å²) in [6.07, 6.45) is 0. The quantitative estimate of drug-likeness (QED) is 0.450. The molecule has 3 aromatic carbocycles. The summed E-state index contributed by atoms with van der Waals surface area (Å²) in [7, 11) is 1.60. The van der Waals surface area contributed by atoms with Crippen LogP contribution in [0.25, 0.3) is 27.8 Å². The Kier molecular flexibility index (Phi) is 4.87. The molecule has 2 heterocycles. The molecule has 0 bridgehead atoms. The van der Waals surface area contributed by atoms with Crippen LogP contribution >= 0.6 is 0 Å². The number of amides is 1. The minimum Gasteiger partial charge on any atom is -0.497 e. The number of H-pyrrole nitrogens is 1. The molecule has 2 N–H and O–H groups in total. The molecule has 158 valence electrons. The normalized spacial score (nSPS) is 11.0. The number of carbonyl (C=O) groups excluding carboxylic acids is 1. The number of nitrogens with zero attached hydrogens (tertiary/aromatic N) is 3. The third kappa shape index (κ3) is 3.47. The molecule has 0 fully saturated rings. The van der Waals surface area contributed by atoms with Crippen molar-refractivity contribution in [3.05, 3.63) is 94.3 Å². The zero-order valence-corrected chi connectivity index (χ0v) is 17.2. The monoisotopic (exact) mass is 425 g/mol. The van der Waals surface area contributed by atoms with Crippen LogP contribution in [0.4, 0.5) is 0 Å². The highest BCUT2D eigenvalue weighted by Gasteiger charge is 2.16. The number of benzene rings is 3. The molecule has 0 unspecified atom stereocenters. The molecule has 0 saturated heterocycles. The molecule has 0 aliphatic rings. The minimum atomic E-state index is -0.382. The fourth-order valence-electron chi connectivity index (χ4n) is 3.59. The first-order chi connectivity index (χ1) is 15.6. The number of methoxy groups -OCH3 is 1. The van der Waals surface area contributed by atoms with Gasteiger partial charge in [-0.1, -0.05) is 30.3 Å². The number of rotatable bonds is 5. The highest BCUT2D eigenvalue weighted by atomic mass is 16.5. The van der Waals surface area contributed by atoms with Gasteiger partial charge in [-0.15, -0.1) is 0 Å². The molecule has 2 aromatic heterocycles. The first kappa shape index (κ1) is 19.5. The Bertz CT molecular complexity index is 1490. The molecule has 0 aliphatic carbocycles. The maximum Gasteiger partial charge on any atom is 0.281 e. The minimum absolute atomic E-state index is 0.233. The van der Waals surface area contributed by atoms with Gasteiger partial charge in [-0.05, 0) is 48.0 Å². The van der Waals surface area contributed by atoms with Crippen molar-refractivity contribution in [1.29, 1.82) is 0 Å². The standard InChI is InChI=1S/C24H19N5O3/c1-32-18-10-7-16(8-11-18)21-22-26-24(31)19-12-9-17(13-20(19)29(22)28-27-21)23(30)25-14-15-5-3-2-4-6-15/h2-13,28H,14H2,1H3,(H,25,30). The number of carbonyl (C=O) groups is 1. The Morgan fingerprint density at radius 2 is 1.84 bits per heavy atom. The fraction of sp³-hybridized carbons (Fsp3) is 0.0833. The molecule has 0 atom stereocenters. The highest BCUT2D eigenvalue weighted by molar-refractivity contribution is 5.98. The summed E-state index contributed by atoms with van der Waals surface area (Å²) in [4.78, 5) is 29.6. The number of fused-ring (bicyclic) bond motifs is 3. The third-order valence-corrected chi connectivity index (χ3v) is 5.28. The molecule has 5 aromatic rings. The summed E-state index contributed by atoms with van der Waals surface area (Å²) >= 11 is 0. The highest BCUT2D eigenvalue weighted by Crippen LogP contribution is 2.24. The van der Waals surface area contributed by atoms with E-state index in [-0.39, 0.29) is 11.5 Å². The average Bonchev–Trinajstić information content (AvgIpc) is 3.27. The van der Waals surface area contributed by atoms with E-state index in [4.69, 9.17) is 4.74 Å². The van der Waals surface area contributed by atoms with Gasteiger partial charge in [0.05, 0.1) is 18.0 Å². The van der Waals surface area contributed by atoms with Crippen LogP contribution in [0.15, 0.2) is 77.6 Å². The largest absolute Gasteiger partial charge is 0.497 e. The van der Waals surface area contributed by atoms with Gasteiger partial charge in [0, 0.05) is 17.7 Å². The van der Waals surface area contributed by atoms with Crippen LogP contribution in [0.5, 0.6) is 5.75 Å². The van der Waals surface area contributed by atoms with E-state index in [1.54, 1.807) is 29.8 Å². The maximum atomic E-state index is 12.7. The molecule has 1 amide bonds. The SMILES string of the molecule is COc1ccc(-c2n[nH]n3c2nc(=O)c2ccc(C(=O)NCc4ccccc4)cc23)cc1. The topological polar surface area (TPSA) is 101 Å². The van der Waals surface area contributed by atoms with Crippen LogP contribution in [-0.2, 0) is 6.54 Å². The van der Waals surface area contributed by atoms with Crippen molar-refractivity contribution < 1.29 is 9.53 Å². The van der Waals surface area contributed by atoms with Crippen molar-refractivity contribution in [2.75, 3.05) is 7.11 Å². The second-order valence-corrected chi connectivity index (χ2v) is 7.27. The van der Waals surface area contributed by atoms with Gasteiger partial charge in [0.1, 0.15) is 11.4 Å². The number of aromatic amines is 1. The van der Waals surface area contributed by atoms with Crippen molar-refractivity contribution in [3.8, 4) is 17.0 Å². The van der Waals surface area contributed by atoms with Crippen LogP contribution in [-0.4, -0.2) is 32.8 Å². The van der Waals surface area contributed by atoms with Crippen LogP contribution in [0.2, 0.25) is 0 Å². The number of ether oxygens (including phenoxy) is 1. The molecule has 0 aliphatic heterocycles. The van der Waals surface area contributed by atoms with Gasteiger partial charge in [0.2, 0.25) is 0 Å². The Labute approximate surface area is 182 Å². The summed E-state index contributed by atoms with van der Waals surface area (Å²) in [6, 6.07) is 21.9. The summed E-state index contributed by atoms with van der Waals surface area (Å²) < 4.78 is 6.81. The number of aromatic nitrogens is 4. The molecule has 32 heavy (non-hydrogen) atoms. The number of nitrogens with one attached hydrogen (secondary N) is 2. The van der Waals surface area contributed by atoms with E-state index in [1.165, 1.54) is 0 Å². The number of hydrogen-bond donors (Lipinski definition) is 2. The first-order valence-corrected chi connectivity index (χ1v) is 10.0. The van der Waals surface area contributed by atoms with E-state index < -0.39 is 0 Å². The third-order valence-electron chi connectivity index (χ3n) is 5.28. The Hall–Kier alpha value is -4.46. The molecular formula is C24H19N5O3. The van der Waals surface area contributed by atoms with Crippen molar-refractivity contribution >= 4 is 22.5 Å². The lowest BCUT2D eigenvalue weighted by atomic mass is 10.1. The summed E-state index contributed by atoms with van der Waals surface area (Å²) in [5.74, 6) is 0.485. The second kappa shape index (κ2) is 7.99. The van der Waals surface area contributed by atoms with Crippen molar-refractivity contribution in [3.63, 3.8) is 0 Å². The van der Waals surface area contributed by atoms with Crippen LogP contribution in [0, 0.1) is 0 Å². The van der Waals surface area contributed by atoms with Crippen molar-refractivity contribution in [2.45, 2.75) is 6.54 Å². The summed E-state index contributed by atoms with van der Waals surface area (Å²) in [6.45, 7) is 0.412. The van der Waals surface area contributed by atoms with Gasteiger partial charge in [-0.2, -0.15) is 10.1 Å². The van der Waals surface area contributed by atoms with Gasteiger partial charge in [0.25, 0.3) is 11.5 Å². The van der Waals surface area contributed by atoms with E-state index in [1.807, 2.05) is 54.6 Å². The van der Waals surface area contributed by atoms with Gasteiger partial charge in [0.15, 0.2) is 5.65 Å². The lowest BCUT2D eigenvalue weighted by Crippen LogP contribution is -2.23. The lowest BCUT2D eigenvalue weighted by Gasteiger charge is -2.07. The predicted molar refractivity (Wildman–Crippen MR) is 121 cm³/mol. The van der Waals surface area contributed by atoms with Crippen LogP contribution in [0.1, 0.15) is 15.9 Å². The summed E-state index contributed by atoms with van der Waals surface area (Å²) in [5.41, 5.74) is 3.29. The zero-order valence-electron chi connectivity index (χ0n) is 17.2. The number of hydrogen-bond acceptors (Lipinski definition) is 5. The van der Waals surface area contributed by atoms with Crippen LogP contribution in [0.3, 0.4) is 0 Å². The maximum absolute atomic E-state index is 12.7. The lowest BCUT2D eigenvalue weighted by molar-refractivity contribution is 0.0951. The Balaban J connectivity index is 1.54. The zero-order chi connectivity index (χ0) is 22.1. The second-order valence-electron chi connectivity index (χ2n) is 7.27. The van der Waals surface area contributed by atoms with E-state index in [9.17, 15) is 9.59 Å². The first-order valence-electron chi connectivity index (χ1n) is 10.0. The van der Waals surface area contributed by atoms with Gasteiger partial charge < -0.3 is 10.1 Å². The van der Waals surface area contributed by atoms with Gasteiger partial charge in [-0.3, -0.25) is 9.59 Å². The molecule has 5 rings (SSSR count). The van der Waals surface area contributed by atoms with E-state index in [0.29, 0.717) is 34.4 Å². The Morgan fingerprint density at radius 1 is 1.06 bits per heavy atom. The van der Waals surface area contributed by atoms with E-state index in [0.717, 1.165) is 16.9 Å². The molecular weight excluding hydrogens is 406 g/mol. The molecule has 0 radical (unpaired) electrons. The van der Waals surface area contributed by atoms with Crippen LogP contribution < -0.4 is 15.6 Å². The molecule has 8 nitrogen and oxygen atoms in total. The van der Waals surface area contributed by atoms with E-state index >= 15 is 0 Å². The van der Waals surface area contributed by atoms with Gasteiger partial charge >= 0.3 is 0 Å². The Morgan fingerprint density at radius 3 is 2.59 bits per heavy atom. The van der Waals surface area contributed by atoms with Gasteiger partial charge in [-0.25, -0.2) is 9.73 Å². The smallest absolute Gasteiger partial charge is 0.281 e. The van der Waals surface area contributed by atoms with Crippen molar-refractivity contribution in [2.24, 2.45) is 0 Å². The predicted octanol–water partition coefficient (Wildman–Crippen LogP) is 3.18. The van der Waals surface area contributed by atoms with E-state index in [2.05, 4.69) is 20.6 Å².